The number of amidine groups is 1. The zero-order valence-electron chi connectivity index (χ0n) is 15.4. The molecule has 3 aromatic rings. The number of ketones is 1. The molecule has 144 valence electrons. The van der Waals surface area contributed by atoms with Crippen LogP contribution in [-0.4, -0.2) is 22.1 Å². The summed E-state index contributed by atoms with van der Waals surface area (Å²) in [5.74, 6) is -0.236. The van der Waals surface area contributed by atoms with Gasteiger partial charge in [-0.15, -0.1) is 0 Å². The molecular formula is C23H17ClN2O2S. The van der Waals surface area contributed by atoms with Crippen molar-refractivity contribution in [2.75, 3.05) is 4.90 Å². The van der Waals surface area contributed by atoms with Crippen LogP contribution in [0.1, 0.15) is 16.8 Å². The second-order valence-corrected chi connectivity index (χ2v) is 8.09. The van der Waals surface area contributed by atoms with Gasteiger partial charge in [-0.3, -0.25) is 14.5 Å². The van der Waals surface area contributed by atoms with Gasteiger partial charge in [0.05, 0.1) is 16.6 Å². The van der Waals surface area contributed by atoms with Crippen LogP contribution in [0.4, 0.5) is 11.4 Å². The monoisotopic (exact) mass is 420 g/mol. The van der Waals surface area contributed by atoms with Gasteiger partial charge in [0.1, 0.15) is 0 Å². The van der Waals surface area contributed by atoms with E-state index in [1.807, 2.05) is 60.7 Å². The van der Waals surface area contributed by atoms with Gasteiger partial charge in [0, 0.05) is 17.0 Å². The maximum Gasteiger partial charge on any atom is 0.247 e. The maximum absolute atomic E-state index is 13.2. The number of carbonyl (C=O) groups is 2. The predicted octanol–water partition coefficient (Wildman–Crippen LogP) is 5.75. The third kappa shape index (κ3) is 4.42. The minimum Gasteiger partial charge on any atom is -0.294 e. The highest BCUT2D eigenvalue weighted by molar-refractivity contribution is 8.16. The number of benzene rings is 3. The second kappa shape index (κ2) is 8.64. The van der Waals surface area contributed by atoms with E-state index in [0.29, 0.717) is 15.8 Å². The van der Waals surface area contributed by atoms with Crippen molar-refractivity contribution >= 4 is 51.6 Å². The summed E-state index contributed by atoms with van der Waals surface area (Å²) in [5, 5.41) is 0.613. The van der Waals surface area contributed by atoms with E-state index in [-0.39, 0.29) is 18.1 Å². The summed E-state index contributed by atoms with van der Waals surface area (Å²) in [6.45, 7) is 0. The third-order valence-electron chi connectivity index (χ3n) is 4.47. The van der Waals surface area contributed by atoms with Crippen LogP contribution in [0, 0.1) is 0 Å². The Bertz CT molecular complexity index is 1050. The van der Waals surface area contributed by atoms with E-state index >= 15 is 0 Å². The summed E-state index contributed by atoms with van der Waals surface area (Å²) in [7, 11) is 0. The molecule has 3 aromatic carbocycles. The van der Waals surface area contributed by atoms with Crippen LogP contribution in [0.15, 0.2) is 89.9 Å². The molecule has 1 fully saturated rings. The largest absolute Gasteiger partial charge is 0.294 e. The number of para-hydroxylation sites is 2. The Hall–Kier alpha value is -2.89. The van der Waals surface area contributed by atoms with E-state index in [0.717, 1.165) is 11.4 Å². The minimum absolute atomic E-state index is 0.0958. The average Bonchev–Trinajstić information content (AvgIpc) is 3.04. The summed E-state index contributed by atoms with van der Waals surface area (Å²) in [5.41, 5.74) is 2.04. The fourth-order valence-electron chi connectivity index (χ4n) is 3.02. The predicted molar refractivity (Wildman–Crippen MR) is 119 cm³/mol. The molecule has 4 nitrogen and oxygen atoms in total. The lowest BCUT2D eigenvalue weighted by molar-refractivity contribution is -0.116. The van der Waals surface area contributed by atoms with Crippen LogP contribution in [0.5, 0.6) is 0 Å². The molecule has 29 heavy (non-hydrogen) atoms. The maximum atomic E-state index is 13.2. The van der Waals surface area contributed by atoms with Gasteiger partial charge in [-0.2, -0.15) is 0 Å². The van der Waals surface area contributed by atoms with Gasteiger partial charge in [-0.25, -0.2) is 4.99 Å². The molecule has 0 unspecified atom stereocenters. The number of nitrogens with zero attached hydrogens (tertiary/aromatic N) is 2. The van der Waals surface area contributed by atoms with Crippen molar-refractivity contribution in [3.63, 3.8) is 0 Å². The van der Waals surface area contributed by atoms with Crippen LogP contribution in [0.2, 0.25) is 5.02 Å². The highest BCUT2D eigenvalue weighted by atomic mass is 35.5. The Labute approximate surface area is 178 Å². The first-order valence-corrected chi connectivity index (χ1v) is 10.4. The van der Waals surface area contributed by atoms with Crippen molar-refractivity contribution in [3.05, 3.63) is 95.5 Å². The van der Waals surface area contributed by atoms with E-state index in [2.05, 4.69) is 4.99 Å². The molecule has 0 aromatic heterocycles. The molecule has 6 heteroatoms. The average molecular weight is 421 g/mol. The van der Waals surface area contributed by atoms with Gasteiger partial charge < -0.3 is 0 Å². The first kappa shape index (κ1) is 19.4. The van der Waals surface area contributed by atoms with E-state index in [4.69, 9.17) is 11.6 Å². The molecule has 0 aliphatic carbocycles. The van der Waals surface area contributed by atoms with Gasteiger partial charge in [0.25, 0.3) is 0 Å². The van der Waals surface area contributed by atoms with Crippen molar-refractivity contribution in [3.8, 4) is 0 Å². The lowest BCUT2D eigenvalue weighted by Gasteiger charge is -2.16. The number of hydrogen-bond donors (Lipinski definition) is 0. The molecular weight excluding hydrogens is 404 g/mol. The Balaban J connectivity index is 1.63. The van der Waals surface area contributed by atoms with E-state index in [1.165, 1.54) is 11.8 Å². The molecule has 1 aliphatic heterocycles. The normalized spacial score (nSPS) is 17.7. The highest BCUT2D eigenvalue weighted by Gasteiger charge is 2.40. The number of Topliss-reactive ketones (excluding diaryl/α,β-unsaturated/α-hetero) is 1. The molecule has 0 spiro atoms. The van der Waals surface area contributed by atoms with Crippen molar-refractivity contribution in [1.29, 1.82) is 0 Å². The van der Waals surface area contributed by atoms with Crippen molar-refractivity contribution in [2.24, 2.45) is 4.99 Å². The summed E-state index contributed by atoms with van der Waals surface area (Å²) < 4.78 is 0. The minimum atomic E-state index is -0.527. The number of aliphatic imine (C=N–C) groups is 1. The number of amides is 1. The van der Waals surface area contributed by atoms with Crippen LogP contribution in [-0.2, 0) is 4.79 Å². The molecule has 0 N–H and O–H groups in total. The summed E-state index contributed by atoms with van der Waals surface area (Å²) >= 11 is 7.22. The van der Waals surface area contributed by atoms with E-state index < -0.39 is 5.25 Å². The van der Waals surface area contributed by atoms with Crippen LogP contribution in [0.3, 0.4) is 0 Å². The van der Waals surface area contributed by atoms with Gasteiger partial charge in [0.15, 0.2) is 11.0 Å². The summed E-state index contributed by atoms with van der Waals surface area (Å²) in [4.78, 5) is 32.1. The zero-order chi connectivity index (χ0) is 20.2. The fraction of sp³-hybridized carbons (Fsp3) is 0.0870. The standard InChI is InChI=1S/C23H17ClN2O2S/c24-17-13-11-16(12-14-17)20(27)15-21-22(28)26(19-9-5-2-6-10-19)23(29-21)25-18-7-3-1-4-8-18/h1-14,21H,15H2/t21-/m1/s1. The van der Waals surface area contributed by atoms with Crippen molar-refractivity contribution in [2.45, 2.75) is 11.7 Å². The Morgan fingerprint density at radius 3 is 2.21 bits per heavy atom. The third-order valence-corrected chi connectivity index (χ3v) is 5.86. The zero-order valence-corrected chi connectivity index (χ0v) is 16.9. The number of anilines is 1. The number of rotatable bonds is 5. The summed E-state index contributed by atoms with van der Waals surface area (Å²) in [6.07, 6.45) is 0.0995. The summed E-state index contributed by atoms with van der Waals surface area (Å²) in [6, 6.07) is 25.6. The van der Waals surface area contributed by atoms with Gasteiger partial charge in [0.2, 0.25) is 5.91 Å². The SMILES string of the molecule is O=C(C[C@H]1SC(=Nc2ccccc2)N(c2ccccc2)C1=O)c1ccc(Cl)cc1. The smallest absolute Gasteiger partial charge is 0.247 e. The number of hydrogen-bond acceptors (Lipinski definition) is 4. The lowest BCUT2D eigenvalue weighted by Crippen LogP contribution is -2.32. The van der Waals surface area contributed by atoms with Crippen molar-refractivity contribution < 1.29 is 9.59 Å². The molecule has 1 atom stereocenters. The molecule has 1 amide bonds. The molecule has 0 bridgehead atoms. The topological polar surface area (TPSA) is 49.7 Å². The fourth-order valence-corrected chi connectivity index (χ4v) is 4.30. The Kier molecular flexibility index (Phi) is 5.79. The lowest BCUT2D eigenvalue weighted by atomic mass is 10.1. The molecule has 0 radical (unpaired) electrons. The number of carbonyl (C=O) groups excluding carboxylic acids is 2. The van der Waals surface area contributed by atoms with Crippen LogP contribution in [0.25, 0.3) is 0 Å². The van der Waals surface area contributed by atoms with Crippen LogP contribution < -0.4 is 4.90 Å². The van der Waals surface area contributed by atoms with E-state index in [1.54, 1.807) is 29.2 Å². The number of thioether (sulfide) groups is 1. The Morgan fingerprint density at radius 2 is 1.55 bits per heavy atom. The highest BCUT2D eigenvalue weighted by Crippen LogP contribution is 2.35. The first-order chi connectivity index (χ1) is 14.1. The van der Waals surface area contributed by atoms with Gasteiger partial charge in [-0.1, -0.05) is 59.8 Å². The molecule has 4 rings (SSSR count). The van der Waals surface area contributed by atoms with Crippen LogP contribution >= 0.6 is 23.4 Å². The van der Waals surface area contributed by atoms with Gasteiger partial charge in [-0.05, 0) is 48.5 Å². The molecule has 1 saturated heterocycles. The Morgan fingerprint density at radius 1 is 0.931 bits per heavy atom. The number of halogens is 1. The van der Waals surface area contributed by atoms with Gasteiger partial charge >= 0.3 is 0 Å². The van der Waals surface area contributed by atoms with E-state index in [9.17, 15) is 9.59 Å². The van der Waals surface area contributed by atoms with Crippen molar-refractivity contribution in [1.82, 2.24) is 0 Å². The quantitative estimate of drug-likeness (QED) is 0.494. The molecule has 1 aliphatic rings. The molecule has 1 heterocycles. The second-order valence-electron chi connectivity index (χ2n) is 6.48. The molecule has 0 saturated carbocycles. The first-order valence-electron chi connectivity index (χ1n) is 9.10.